The normalized spacial score (nSPS) is 19.7. The lowest BCUT2D eigenvalue weighted by Crippen LogP contribution is -2.48. The van der Waals surface area contributed by atoms with Crippen molar-refractivity contribution in [2.45, 2.75) is 103 Å². The van der Waals surface area contributed by atoms with E-state index in [1.807, 2.05) is 0 Å². The van der Waals surface area contributed by atoms with Crippen molar-refractivity contribution < 1.29 is 14.2 Å². The fraction of sp³-hybridized carbons (Fsp3) is 0.771. The molecule has 1 aliphatic carbocycles. The van der Waals surface area contributed by atoms with Crippen LogP contribution in [0.2, 0.25) is 0 Å². The molecule has 8 heteroatoms. The third-order valence-electron chi connectivity index (χ3n) is 8.24. The monoisotopic (exact) mass is 601 g/mol. The number of nitrogens with one attached hydrogen (secondary N) is 2. The van der Waals surface area contributed by atoms with E-state index in [-0.39, 0.29) is 11.4 Å². The fourth-order valence-corrected chi connectivity index (χ4v) is 5.49. The summed E-state index contributed by atoms with van der Waals surface area (Å²) in [5.74, 6) is 1.17. The number of piperazine rings is 1. The van der Waals surface area contributed by atoms with Gasteiger partial charge in [0.05, 0.1) is 5.60 Å². The summed E-state index contributed by atoms with van der Waals surface area (Å²) in [6.45, 7) is 20.0. The Morgan fingerprint density at radius 1 is 0.953 bits per heavy atom. The van der Waals surface area contributed by atoms with E-state index in [0.717, 1.165) is 117 Å². The summed E-state index contributed by atoms with van der Waals surface area (Å²) in [6, 6.07) is 0. The Labute approximate surface area is 263 Å². The molecule has 2 rings (SSSR count). The van der Waals surface area contributed by atoms with E-state index in [1.54, 1.807) is 6.08 Å². The van der Waals surface area contributed by atoms with Crippen LogP contribution >= 0.6 is 0 Å². The average molecular weight is 602 g/mol. The molecule has 8 nitrogen and oxygen atoms in total. The number of rotatable bonds is 24. The number of aliphatic imine (C=N–C) groups is 1. The van der Waals surface area contributed by atoms with Gasteiger partial charge in [-0.05, 0) is 71.9 Å². The second-order valence-corrected chi connectivity index (χ2v) is 12.0. The second kappa shape index (κ2) is 23.4. The summed E-state index contributed by atoms with van der Waals surface area (Å²) in [6.07, 6.45) is 22.6. The van der Waals surface area contributed by atoms with Crippen molar-refractivity contribution in [3.05, 3.63) is 35.7 Å². The molecular formula is C35H63N5O3. The lowest BCUT2D eigenvalue weighted by Gasteiger charge is -2.37. The minimum Gasteiger partial charge on any atom is -0.381 e. The highest BCUT2D eigenvalue weighted by Gasteiger charge is 2.22. The Morgan fingerprint density at radius 2 is 1.63 bits per heavy atom. The molecule has 0 amide bonds. The van der Waals surface area contributed by atoms with Crippen LogP contribution in [0.25, 0.3) is 0 Å². The van der Waals surface area contributed by atoms with E-state index in [4.69, 9.17) is 19.6 Å². The topological polar surface area (TPSA) is 82.4 Å². The molecule has 0 spiro atoms. The first kappa shape index (κ1) is 37.2. The van der Waals surface area contributed by atoms with Gasteiger partial charge in [-0.1, -0.05) is 56.4 Å². The van der Waals surface area contributed by atoms with Gasteiger partial charge in [0.1, 0.15) is 11.7 Å². The van der Waals surface area contributed by atoms with Crippen molar-refractivity contribution in [1.29, 1.82) is 5.41 Å². The van der Waals surface area contributed by atoms with Gasteiger partial charge in [-0.25, -0.2) is 4.99 Å². The lowest BCUT2D eigenvalue weighted by molar-refractivity contribution is -0.0110. The minimum absolute atomic E-state index is 0.143. The smallest absolute Gasteiger partial charge is 0.147 e. The fourth-order valence-electron chi connectivity index (χ4n) is 5.49. The van der Waals surface area contributed by atoms with Gasteiger partial charge in [0.25, 0.3) is 0 Å². The zero-order chi connectivity index (χ0) is 31.0. The van der Waals surface area contributed by atoms with Crippen LogP contribution in [0.3, 0.4) is 0 Å². The van der Waals surface area contributed by atoms with E-state index >= 15 is 0 Å². The van der Waals surface area contributed by atoms with Gasteiger partial charge in [0.2, 0.25) is 0 Å². The van der Waals surface area contributed by atoms with Crippen LogP contribution < -0.4 is 5.32 Å². The van der Waals surface area contributed by atoms with E-state index in [1.165, 1.54) is 44.1 Å². The minimum atomic E-state index is -0.143. The zero-order valence-corrected chi connectivity index (χ0v) is 27.8. The largest absolute Gasteiger partial charge is 0.381 e. The third-order valence-corrected chi connectivity index (χ3v) is 8.24. The maximum atomic E-state index is 7.78. The summed E-state index contributed by atoms with van der Waals surface area (Å²) in [7, 11) is 0. The van der Waals surface area contributed by atoms with Gasteiger partial charge in [-0.2, -0.15) is 0 Å². The summed E-state index contributed by atoms with van der Waals surface area (Å²) < 4.78 is 18.0. The van der Waals surface area contributed by atoms with E-state index in [9.17, 15) is 0 Å². The van der Waals surface area contributed by atoms with Crippen LogP contribution in [0.5, 0.6) is 0 Å². The molecule has 1 aliphatic heterocycles. The highest BCUT2D eigenvalue weighted by Crippen LogP contribution is 2.26. The molecule has 43 heavy (non-hydrogen) atoms. The van der Waals surface area contributed by atoms with Gasteiger partial charge in [0, 0.05) is 78.4 Å². The number of hydrogen-bond acceptors (Lipinski definition) is 7. The summed E-state index contributed by atoms with van der Waals surface area (Å²) >= 11 is 0. The number of amidine groups is 1. The van der Waals surface area contributed by atoms with Crippen molar-refractivity contribution >= 4 is 12.6 Å². The molecule has 0 aromatic carbocycles. The first-order valence-corrected chi connectivity index (χ1v) is 17.2. The van der Waals surface area contributed by atoms with E-state index < -0.39 is 0 Å². The van der Waals surface area contributed by atoms with Gasteiger partial charge in [0.15, 0.2) is 0 Å². The molecule has 2 aliphatic rings. The molecule has 2 N–H and O–H groups in total. The number of nitrogens with zero attached hydrogens (tertiary/aromatic N) is 3. The molecule has 1 saturated heterocycles. The summed E-state index contributed by atoms with van der Waals surface area (Å²) in [5, 5.41) is 11.1. The molecular weight excluding hydrogens is 538 g/mol. The Hall–Kier alpha value is -2.00. The van der Waals surface area contributed by atoms with Crippen LogP contribution in [-0.4, -0.2) is 100 Å². The predicted octanol–water partition coefficient (Wildman–Crippen LogP) is 6.74. The van der Waals surface area contributed by atoms with Gasteiger partial charge in [-0.15, -0.1) is 0 Å². The Bertz CT molecular complexity index is 850. The molecule has 0 radical (unpaired) electrons. The predicted molar refractivity (Wildman–Crippen MR) is 181 cm³/mol. The van der Waals surface area contributed by atoms with Gasteiger partial charge >= 0.3 is 0 Å². The standard InChI is InChI=1S/C35H63N5O3/c1-5-7-16-32-17-13-19-35(3,20-18-32)43-30-15-29-42-27-12-10-8-9-11-26-41-28-14-21-39-22-24-40(25-23-39)34(38-6-2)31-33(36)37-4/h17-18,20,31,36,38H,4-16,19,21-30H2,1-3H3/b34-31+,36-33?. The van der Waals surface area contributed by atoms with E-state index in [2.05, 4.69) is 65.8 Å². The molecule has 0 aromatic heterocycles. The van der Waals surface area contributed by atoms with Crippen LogP contribution in [0.4, 0.5) is 0 Å². The van der Waals surface area contributed by atoms with Crippen molar-refractivity contribution in [2.24, 2.45) is 4.99 Å². The molecule has 1 atom stereocenters. The van der Waals surface area contributed by atoms with Crippen molar-refractivity contribution in [3.63, 3.8) is 0 Å². The van der Waals surface area contributed by atoms with Crippen LogP contribution in [-0.2, 0) is 14.2 Å². The molecule has 1 fully saturated rings. The number of hydrogen-bond donors (Lipinski definition) is 2. The Kier molecular flexibility index (Phi) is 20.2. The maximum Gasteiger partial charge on any atom is 0.147 e. The first-order valence-electron chi connectivity index (χ1n) is 17.2. The van der Waals surface area contributed by atoms with Crippen LogP contribution in [0.15, 0.2) is 40.7 Å². The molecule has 246 valence electrons. The Morgan fingerprint density at radius 3 is 2.30 bits per heavy atom. The highest BCUT2D eigenvalue weighted by molar-refractivity contribution is 5.93. The second-order valence-electron chi connectivity index (χ2n) is 12.0. The van der Waals surface area contributed by atoms with Gasteiger partial charge < -0.3 is 24.4 Å². The van der Waals surface area contributed by atoms with Crippen LogP contribution in [0, 0.1) is 5.41 Å². The number of ether oxygens (including phenoxy) is 3. The molecule has 0 aromatic rings. The number of allylic oxidation sites excluding steroid dienone is 3. The zero-order valence-electron chi connectivity index (χ0n) is 27.8. The Balaban J connectivity index is 1.36. The summed E-state index contributed by atoms with van der Waals surface area (Å²) in [4.78, 5) is 8.51. The molecule has 0 bridgehead atoms. The first-order chi connectivity index (χ1) is 21.0. The quantitative estimate of drug-likeness (QED) is 0.0725. The lowest BCUT2D eigenvalue weighted by atomic mass is 10.0. The SMILES string of the molecule is C=NC(=N)/C=C(\NCC)N1CCN(CCCOCCCCCCCOCCCOC2(C)C=CC(CCCC)=CCC2)CC1. The highest BCUT2D eigenvalue weighted by atomic mass is 16.5. The summed E-state index contributed by atoms with van der Waals surface area (Å²) in [5.41, 5.74) is 1.33. The third kappa shape index (κ3) is 17.2. The molecule has 0 saturated carbocycles. The van der Waals surface area contributed by atoms with E-state index in [0.29, 0.717) is 0 Å². The molecule has 1 heterocycles. The van der Waals surface area contributed by atoms with Gasteiger partial charge in [-0.3, -0.25) is 10.3 Å². The maximum absolute atomic E-state index is 7.78. The van der Waals surface area contributed by atoms with Crippen molar-refractivity contribution in [2.75, 3.05) is 72.3 Å². The van der Waals surface area contributed by atoms with Crippen molar-refractivity contribution in [1.82, 2.24) is 15.1 Å². The molecule has 1 unspecified atom stereocenters. The average Bonchev–Trinajstić information content (AvgIpc) is 3.20. The van der Waals surface area contributed by atoms with Crippen LogP contribution in [0.1, 0.15) is 97.8 Å². The van der Waals surface area contributed by atoms with Crippen molar-refractivity contribution in [3.8, 4) is 0 Å². The number of unbranched alkanes of at least 4 members (excludes halogenated alkanes) is 5.